The normalized spacial score (nSPS) is 20.9. The first kappa shape index (κ1) is 14.0. The van der Waals surface area contributed by atoms with E-state index in [1.165, 1.54) is 0 Å². The summed E-state index contributed by atoms with van der Waals surface area (Å²) in [6.07, 6.45) is -0.167. The third-order valence-electron chi connectivity index (χ3n) is 2.88. The average Bonchev–Trinajstić information content (AvgIpc) is 2.33. The van der Waals surface area contributed by atoms with Crippen molar-refractivity contribution in [1.82, 2.24) is 4.90 Å². The summed E-state index contributed by atoms with van der Waals surface area (Å²) in [6.45, 7) is 2.93. The predicted octanol–water partition coefficient (Wildman–Crippen LogP) is 2.48. The van der Waals surface area contributed by atoms with Crippen molar-refractivity contribution in [3.63, 3.8) is 0 Å². The van der Waals surface area contributed by atoms with Crippen LogP contribution >= 0.6 is 35.4 Å². The monoisotopic (exact) mass is 304 g/mol. The van der Waals surface area contributed by atoms with E-state index in [0.717, 1.165) is 18.7 Å². The number of nitrogens with zero attached hydrogens (tertiary/aromatic N) is 1. The molecule has 0 radical (unpaired) electrons. The van der Waals surface area contributed by atoms with Gasteiger partial charge in [0.15, 0.2) is 0 Å². The van der Waals surface area contributed by atoms with Crippen LogP contribution in [0, 0.1) is 0 Å². The van der Waals surface area contributed by atoms with Crippen molar-refractivity contribution in [2.45, 2.75) is 12.6 Å². The highest BCUT2D eigenvalue weighted by atomic mass is 35.5. The second-order valence-corrected chi connectivity index (χ2v) is 5.55. The Bertz CT molecular complexity index is 456. The maximum absolute atomic E-state index is 6.15. The van der Waals surface area contributed by atoms with Crippen LogP contribution in [0.4, 0.5) is 0 Å². The second-order valence-electron chi connectivity index (χ2n) is 4.23. The average molecular weight is 305 g/mol. The minimum atomic E-state index is -0.167. The van der Waals surface area contributed by atoms with Gasteiger partial charge in [0.25, 0.3) is 0 Å². The molecule has 1 atom stereocenters. The maximum atomic E-state index is 6.15. The summed E-state index contributed by atoms with van der Waals surface area (Å²) in [6, 6.07) is 5.54. The van der Waals surface area contributed by atoms with Gasteiger partial charge in [0.2, 0.25) is 0 Å². The molecule has 2 rings (SSSR count). The summed E-state index contributed by atoms with van der Waals surface area (Å²) in [7, 11) is 0. The van der Waals surface area contributed by atoms with E-state index in [2.05, 4.69) is 4.90 Å². The molecule has 1 saturated heterocycles. The molecule has 2 N–H and O–H groups in total. The molecule has 0 aliphatic carbocycles. The van der Waals surface area contributed by atoms with Crippen LogP contribution < -0.4 is 5.73 Å². The number of ether oxygens (including phenoxy) is 1. The Kier molecular flexibility index (Phi) is 4.81. The summed E-state index contributed by atoms with van der Waals surface area (Å²) < 4.78 is 5.49. The Morgan fingerprint density at radius 3 is 2.94 bits per heavy atom. The molecule has 1 aromatic rings. The number of morpholine rings is 1. The van der Waals surface area contributed by atoms with E-state index in [0.29, 0.717) is 28.2 Å². The fourth-order valence-electron chi connectivity index (χ4n) is 1.91. The molecule has 0 spiro atoms. The van der Waals surface area contributed by atoms with Crippen molar-refractivity contribution in [2.75, 3.05) is 19.7 Å². The maximum Gasteiger partial charge on any atom is 0.120 e. The topological polar surface area (TPSA) is 38.5 Å². The molecule has 3 nitrogen and oxygen atoms in total. The molecular formula is C12H14Cl2N2OS. The zero-order chi connectivity index (χ0) is 13.1. The smallest absolute Gasteiger partial charge is 0.120 e. The van der Waals surface area contributed by atoms with E-state index < -0.39 is 0 Å². The molecular weight excluding hydrogens is 291 g/mol. The fourth-order valence-corrected chi connectivity index (χ4v) is 2.52. The van der Waals surface area contributed by atoms with Crippen molar-refractivity contribution in [3.8, 4) is 0 Å². The summed E-state index contributed by atoms with van der Waals surface area (Å²) in [5, 5.41) is 1.33. The first-order valence-corrected chi connectivity index (χ1v) is 6.80. The van der Waals surface area contributed by atoms with Gasteiger partial charge in [0, 0.05) is 29.7 Å². The summed E-state index contributed by atoms with van der Waals surface area (Å²) >= 11 is 17.0. The molecule has 0 saturated carbocycles. The van der Waals surface area contributed by atoms with Crippen LogP contribution in [0.25, 0.3) is 0 Å². The van der Waals surface area contributed by atoms with Crippen molar-refractivity contribution in [1.29, 1.82) is 0 Å². The second kappa shape index (κ2) is 6.17. The zero-order valence-electron chi connectivity index (χ0n) is 9.73. The largest absolute Gasteiger partial charge is 0.391 e. The van der Waals surface area contributed by atoms with Crippen LogP contribution in [0.5, 0.6) is 0 Å². The van der Waals surface area contributed by atoms with Gasteiger partial charge in [-0.05, 0) is 17.7 Å². The first-order valence-electron chi connectivity index (χ1n) is 5.63. The van der Waals surface area contributed by atoms with Gasteiger partial charge in [-0.15, -0.1) is 0 Å². The van der Waals surface area contributed by atoms with E-state index in [4.69, 9.17) is 45.9 Å². The lowest BCUT2D eigenvalue weighted by molar-refractivity contribution is 0.00392. The number of thiocarbonyl (C=S) groups is 1. The molecule has 1 aliphatic rings. The molecule has 1 aliphatic heterocycles. The third kappa shape index (κ3) is 3.56. The fraction of sp³-hybridized carbons (Fsp3) is 0.417. The Hall–Kier alpha value is -0.390. The number of benzene rings is 1. The standard InChI is InChI=1S/C12H14Cl2N2OS/c13-9-2-1-8(10(14)5-9)6-16-3-4-17-11(7-16)12(15)18/h1-2,5,11H,3-4,6-7H2,(H2,15,18). The van der Waals surface area contributed by atoms with Crippen LogP contribution in [-0.2, 0) is 11.3 Å². The van der Waals surface area contributed by atoms with Crippen LogP contribution in [0.15, 0.2) is 18.2 Å². The number of hydrogen-bond donors (Lipinski definition) is 1. The van der Waals surface area contributed by atoms with Crippen LogP contribution in [-0.4, -0.2) is 35.7 Å². The molecule has 98 valence electrons. The molecule has 0 aromatic heterocycles. The van der Waals surface area contributed by atoms with Gasteiger partial charge in [0.05, 0.1) is 6.61 Å². The quantitative estimate of drug-likeness (QED) is 0.871. The molecule has 1 unspecified atom stereocenters. The lowest BCUT2D eigenvalue weighted by Crippen LogP contribution is -2.47. The van der Waals surface area contributed by atoms with Crippen LogP contribution in [0.1, 0.15) is 5.56 Å². The Balaban J connectivity index is 2.02. The molecule has 6 heteroatoms. The number of halogens is 2. The van der Waals surface area contributed by atoms with Crippen LogP contribution in [0.2, 0.25) is 10.0 Å². The van der Waals surface area contributed by atoms with Crippen molar-refractivity contribution >= 4 is 40.4 Å². The SMILES string of the molecule is NC(=S)C1CN(Cc2ccc(Cl)cc2Cl)CCO1. The van der Waals surface area contributed by atoms with Crippen molar-refractivity contribution in [3.05, 3.63) is 33.8 Å². The molecule has 18 heavy (non-hydrogen) atoms. The summed E-state index contributed by atoms with van der Waals surface area (Å²) in [5.74, 6) is 0. The van der Waals surface area contributed by atoms with E-state index in [-0.39, 0.29) is 6.10 Å². The van der Waals surface area contributed by atoms with Crippen molar-refractivity contribution < 1.29 is 4.74 Å². The molecule has 0 amide bonds. The van der Waals surface area contributed by atoms with Crippen LogP contribution in [0.3, 0.4) is 0 Å². The Morgan fingerprint density at radius 2 is 2.28 bits per heavy atom. The highest BCUT2D eigenvalue weighted by Gasteiger charge is 2.22. The van der Waals surface area contributed by atoms with Crippen molar-refractivity contribution in [2.24, 2.45) is 5.73 Å². The Labute approximate surface area is 122 Å². The van der Waals surface area contributed by atoms with E-state index >= 15 is 0 Å². The molecule has 0 bridgehead atoms. The third-order valence-corrected chi connectivity index (χ3v) is 3.73. The van der Waals surface area contributed by atoms with Gasteiger partial charge in [-0.25, -0.2) is 0 Å². The number of rotatable bonds is 3. The lowest BCUT2D eigenvalue weighted by Gasteiger charge is -2.32. The van der Waals surface area contributed by atoms with Gasteiger partial charge >= 0.3 is 0 Å². The number of nitrogens with two attached hydrogens (primary N) is 1. The molecule has 1 heterocycles. The van der Waals surface area contributed by atoms with E-state index in [1.54, 1.807) is 6.07 Å². The molecule has 1 fully saturated rings. The van der Waals surface area contributed by atoms with Gasteiger partial charge in [0.1, 0.15) is 11.1 Å². The zero-order valence-corrected chi connectivity index (χ0v) is 12.1. The summed E-state index contributed by atoms with van der Waals surface area (Å²) in [4.78, 5) is 2.63. The minimum Gasteiger partial charge on any atom is -0.391 e. The first-order chi connectivity index (χ1) is 8.56. The minimum absolute atomic E-state index is 0.167. The highest BCUT2D eigenvalue weighted by Crippen LogP contribution is 2.23. The highest BCUT2D eigenvalue weighted by molar-refractivity contribution is 7.80. The van der Waals surface area contributed by atoms with Gasteiger partial charge in [-0.3, -0.25) is 4.90 Å². The lowest BCUT2D eigenvalue weighted by atomic mass is 10.2. The van der Waals surface area contributed by atoms with E-state index in [9.17, 15) is 0 Å². The van der Waals surface area contributed by atoms with Gasteiger partial charge in [-0.1, -0.05) is 41.5 Å². The molecule has 1 aromatic carbocycles. The summed E-state index contributed by atoms with van der Waals surface area (Å²) in [5.41, 5.74) is 6.65. The predicted molar refractivity (Wildman–Crippen MR) is 78.3 cm³/mol. The number of hydrogen-bond acceptors (Lipinski definition) is 3. The Morgan fingerprint density at radius 1 is 1.50 bits per heavy atom. The van der Waals surface area contributed by atoms with E-state index in [1.807, 2.05) is 12.1 Å². The van der Waals surface area contributed by atoms with Gasteiger partial charge < -0.3 is 10.5 Å². The van der Waals surface area contributed by atoms with Gasteiger partial charge in [-0.2, -0.15) is 0 Å².